The van der Waals surface area contributed by atoms with Crippen LogP contribution in [0.4, 0.5) is 8.78 Å². The van der Waals surface area contributed by atoms with Crippen LogP contribution < -0.4 is 0 Å². The van der Waals surface area contributed by atoms with Crippen LogP contribution in [0.3, 0.4) is 0 Å². The molecule has 152 valence electrons. The van der Waals surface area contributed by atoms with Crippen molar-refractivity contribution in [2.75, 3.05) is 0 Å². The molecule has 0 atom stereocenters. The Hall–Kier alpha value is -3.55. The number of aromatic nitrogens is 2. The molecule has 0 aliphatic carbocycles. The molecule has 31 heavy (non-hydrogen) atoms. The van der Waals surface area contributed by atoms with Crippen LogP contribution in [0.1, 0.15) is 21.6 Å². The van der Waals surface area contributed by atoms with Gasteiger partial charge < -0.3 is 4.79 Å². The van der Waals surface area contributed by atoms with Crippen LogP contribution in [0.5, 0.6) is 0 Å². The third-order valence-electron chi connectivity index (χ3n) is 4.34. The minimum Gasteiger partial charge on any atom is -0.345 e. The SMILES string of the molecule is N#Cc1c(F)c[c-]c(C(=O)c2cccc(-c3cccc(-c4[c-]cccc4)n3)n2)c1F.[Pt+2]. The zero-order chi connectivity index (χ0) is 21.1. The number of hydrogen-bond donors (Lipinski definition) is 0. The van der Waals surface area contributed by atoms with Crippen molar-refractivity contribution in [2.24, 2.45) is 0 Å². The monoisotopic (exact) mass is 590 g/mol. The molecule has 0 amide bonds. The molecule has 4 nitrogen and oxygen atoms in total. The second-order valence-electron chi connectivity index (χ2n) is 6.23. The van der Waals surface area contributed by atoms with Crippen molar-refractivity contribution in [3.63, 3.8) is 0 Å². The number of carbonyl (C=O) groups excluding carboxylic acids is 1. The number of rotatable bonds is 4. The van der Waals surface area contributed by atoms with Gasteiger partial charge in [-0.2, -0.15) is 5.26 Å². The van der Waals surface area contributed by atoms with Gasteiger partial charge in [0.05, 0.1) is 34.8 Å². The van der Waals surface area contributed by atoms with E-state index < -0.39 is 28.5 Å². The van der Waals surface area contributed by atoms with Gasteiger partial charge in [-0.25, -0.2) is 0 Å². The molecule has 0 spiro atoms. The average Bonchev–Trinajstić information content (AvgIpc) is 2.80. The summed E-state index contributed by atoms with van der Waals surface area (Å²) in [4.78, 5) is 21.6. The van der Waals surface area contributed by atoms with E-state index in [1.807, 2.05) is 24.3 Å². The summed E-state index contributed by atoms with van der Waals surface area (Å²) in [6.07, 6.45) is 0. The second kappa shape index (κ2) is 9.51. The van der Waals surface area contributed by atoms with Crippen molar-refractivity contribution in [3.8, 4) is 28.7 Å². The Bertz CT molecular complexity index is 1300. The van der Waals surface area contributed by atoms with Gasteiger partial charge in [0, 0.05) is 5.56 Å². The average molecular weight is 590 g/mol. The van der Waals surface area contributed by atoms with Gasteiger partial charge in [0.1, 0.15) is 5.78 Å². The summed E-state index contributed by atoms with van der Waals surface area (Å²) in [5.41, 5.74) is 0.959. The number of benzene rings is 2. The summed E-state index contributed by atoms with van der Waals surface area (Å²) < 4.78 is 27.9. The summed E-state index contributed by atoms with van der Waals surface area (Å²) in [5, 5.41) is 8.91. The van der Waals surface area contributed by atoms with Crippen molar-refractivity contribution in [1.82, 2.24) is 9.97 Å². The van der Waals surface area contributed by atoms with Crippen molar-refractivity contribution in [1.29, 1.82) is 5.26 Å². The Balaban J connectivity index is 0.00000272. The summed E-state index contributed by atoms with van der Waals surface area (Å²) >= 11 is 0. The predicted molar refractivity (Wildman–Crippen MR) is 105 cm³/mol. The van der Waals surface area contributed by atoms with E-state index in [9.17, 15) is 13.6 Å². The maximum Gasteiger partial charge on any atom is 2.00 e. The Morgan fingerprint density at radius 3 is 2.32 bits per heavy atom. The molecule has 0 unspecified atom stereocenters. The van der Waals surface area contributed by atoms with Crippen molar-refractivity contribution < 1.29 is 34.6 Å². The fourth-order valence-electron chi connectivity index (χ4n) is 2.88. The molecule has 2 aromatic heterocycles. The Morgan fingerprint density at radius 2 is 1.61 bits per heavy atom. The summed E-state index contributed by atoms with van der Waals surface area (Å²) in [6, 6.07) is 25.0. The van der Waals surface area contributed by atoms with Gasteiger partial charge in [0.25, 0.3) is 0 Å². The normalized spacial score (nSPS) is 10.1. The van der Waals surface area contributed by atoms with Crippen LogP contribution >= 0.6 is 0 Å². The van der Waals surface area contributed by atoms with E-state index in [-0.39, 0.29) is 26.8 Å². The van der Waals surface area contributed by atoms with Gasteiger partial charge >= 0.3 is 21.1 Å². The molecular weight excluding hydrogens is 579 g/mol. The first-order valence-electron chi connectivity index (χ1n) is 8.84. The van der Waals surface area contributed by atoms with Gasteiger partial charge in [0.15, 0.2) is 0 Å². The molecule has 0 fully saturated rings. The van der Waals surface area contributed by atoms with Crippen LogP contribution in [0.15, 0.2) is 66.7 Å². The molecule has 0 aliphatic rings. The molecular formula is C24H11F2N3OPt. The van der Waals surface area contributed by atoms with Crippen molar-refractivity contribution in [3.05, 3.63) is 107 Å². The Labute approximate surface area is 191 Å². The molecule has 0 saturated heterocycles. The predicted octanol–water partition coefficient (Wildman–Crippen LogP) is 4.79. The third kappa shape index (κ3) is 4.47. The minimum absolute atomic E-state index is 0. The Morgan fingerprint density at radius 1 is 0.903 bits per heavy atom. The first-order chi connectivity index (χ1) is 14.6. The van der Waals surface area contributed by atoms with Crippen LogP contribution in [0.25, 0.3) is 22.6 Å². The zero-order valence-corrected chi connectivity index (χ0v) is 17.9. The first-order valence-corrected chi connectivity index (χ1v) is 8.84. The molecule has 4 aromatic rings. The minimum atomic E-state index is -1.26. The van der Waals surface area contributed by atoms with E-state index in [4.69, 9.17) is 5.26 Å². The van der Waals surface area contributed by atoms with E-state index in [0.29, 0.717) is 17.1 Å². The number of nitrogens with zero attached hydrogens (tertiary/aromatic N) is 3. The number of halogens is 2. The Kier molecular flexibility index (Phi) is 6.79. The van der Waals surface area contributed by atoms with E-state index in [1.165, 1.54) is 12.1 Å². The molecule has 0 N–H and O–H groups in total. The zero-order valence-electron chi connectivity index (χ0n) is 15.7. The molecule has 7 heteroatoms. The van der Waals surface area contributed by atoms with Crippen LogP contribution in [-0.4, -0.2) is 15.8 Å². The number of pyridine rings is 2. The molecule has 0 saturated carbocycles. The maximum atomic E-state index is 14.4. The largest absolute Gasteiger partial charge is 2.00 e. The molecule has 0 bridgehead atoms. The van der Waals surface area contributed by atoms with Gasteiger partial charge in [-0.3, -0.25) is 18.7 Å². The quantitative estimate of drug-likeness (QED) is 0.254. The molecule has 2 aromatic carbocycles. The fourth-order valence-corrected chi connectivity index (χ4v) is 2.88. The first kappa shape index (κ1) is 22.1. The second-order valence-corrected chi connectivity index (χ2v) is 6.23. The summed E-state index contributed by atoms with van der Waals surface area (Å²) in [5.74, 6) is -3.14. The fraction of sp³-hybridized carbons (Fsp3) is 0. The number of nitriles is 1. The molecule has 2 heterocycles. The van der Waals surface area contributed by atoms with Crippen LogP contribution in [0.2, 0.25) is 0 Å². The van der Waals surface area contributed by atoms with E-state index in [2.05, 4.69) is 22.1 Å². The van der Waals surface area contributed by atoms with Gasteiger partial charge in [0.2, 0.25) is 0 Å². The standard InChI is InChI=1S/C24H11F2N3O.Pt/c25-18-13-12-16(23(26)17(18)14-27)24(30)22-11-5-10-21(29-22)20-9-4-8-19(28-20)15-6-2-1-3-7-15;/h1-6,8-11,13H;/q-2;+2. The van der Waals surface area contributed by atoms with Crippen LogP contribution in [-0.2, 0) is 21.1 Å². The van der Waals surface area contributed by atoms with Crippen molar-refractivity contribution >= 4 is 5.78 Å². The van der Waals surface area contributed by atoms with Crippen LogP contribution in [0, 0.1) is 35.1 Å². The van der Waals surface area contributed by atoms with Gasteiger partial charge in [-0.15, -0.1) is 48.0 Å². The van der Waals surface area contributed by atoms with Crippen molar-refractivity contribution in [2.45, 2.75) is 0 Å². The smallest absolute Gasteiger partial charge is 0.345 e. The number of hydrogen-bond acceptors (Lipinski definition) is 4. The summed E-state index contributed by atoms with van der Waals surface area (Å²) in [6.45, 7) is 0. The third-order valence-corrected chi connectivity index (χ3v) is 4.34. The van der Waals surface area contributed by atoms with Gasteiger partial charge in [-0.1, -0.05) is 23.8 Å². The summed E-state index contributed by atoms with van der Waals surface area (Å²) in [7, 11) is 0. The molecule has 0 aliphatic heterocycles. The number of ketones is 1. The molecule has 0 radical (unpaired) electrons. The van der Waals surface area contributed by atoms with Gasteiger partial charge in [-0.05, 0) is 23.9 Å². The van der Waals surface area contributed by atoms with E-state index in [0.717, 1.165) is 11.6 Å². The number of carbonyl (C=O) groups is 1. The molecule has 4 rings (SSSR count). The maximum absolute atomic E-state index is 14.4. The van der Waals surface area contributed by atoms with E-state index in [1.54, 1.807) is 30.3 Å². The van der Waals surface area contributed by atoms with E-state index >= 15 is 0 Å². The topological polar surface area (TPSA) is 66.6 Å².